The first kappa shape index (κ1) is 13.2. The number of primary amides is 1. The van der Waals surface area contributed by atoms with Crippen molar-refractivity contribution < 1.29 is 31.5 Å². The van der Waals surface area contributed by atoms with Gasteiger partial charge in [-0.25, -0.2) is 8.78 Å². The summed E-state index contributed by atoms with van der Waals surface area (Å²) in [7, 11) is 0. The highest BCUT2D eigenvalue weighted by molar-refractivity contribution is 5.95. The number of rotatable bonds is 3. The fourth-order valence-corrected chi connectivity index (χ4v) is 1.20. The Morgan fingerprint density at radius 1 is 1.29 bits per heavy atom. The Labute approximate surface area is 92.0 Å². The molecule has 0 heterocycles. The van der Waals surface area contributed by atoms with E-state index in [0.29, 0.717) is 6.07 Å². The lowest BCUT2D eigenvalue weighted by Crippen LogP contribution is -2.20. The van der Waals surface area contributed by atoms with Crippen LogP contribution < -0.4 is 10.5 Å². The molecule has 0 spiro atoms. The van der Waals surface area contributed by atoms with E-state index in [-0.39, 0.29) is 0 Å². The molecule has 0 saturated carbocycles. The summed E-state index contributed by atoms with van der Waals surface area (Å²) in [5.74, 6) is -2.39. The van der Waals surface area contributed by atoms with Crippen LogP contribution in [-0.4, -0.2) is 12.3 Å². The number of benzene rings is 1. The van der Waals surface area contributed by atoms with Gasteiger partial charge >= 0.3 is 6.36 Å². The van der Waals surface area contributed by atoms with Gasteiger partial charge in [0.15, 0.2) is 0 Å². The molecule has 0 bridgehead atoms. The molecule has 2 N–H and O–H groups in total. The van der Waals surface area contributed by atoms with Crippen LogP contribution in [0.25, 0.3) is 0 Å². The molecule has 0 aliphatic rings. The minimum absolute atomic E-state index is 0.682. The third kappa shape index (κ3) is 3.30. The SMILES string of the molecule is NC(=O)c1cccc(OC(F)(F)F)c1C(F)F. The molecule has 1 rings (SSSR count). The molecule has 0 aliphatic carbocycles. The summed E-state index contributed by atoms with van der Waals surface area (Å²) in [6.45, 7) is 0. The van der Waals surface area contributed by atoms with Gasteiger partial charge in [0.1, 0.15) is 5.75 Å². The Morgan fingerprint density at radius 3 is 2.29 bits per heavy atom. The molecule has 0 aliphatic heterocycles. The van der Waals surface area contributed by atoms with Gasteiger partial charge in [-0.2, -0.15) is 0 Å². The van der Waals surface area contributed by atoms with Gasteiger partial charge < -0.3 is 10.5 Å². The van der Waals surface area contributed by atoms with Crippen molar-refractivity contribution in [3.05, 3.63) is 29.3 Å². The van der Waals surface area contributed by atoms with E-state index in [4.69, 9.17) is 5.73 Å². The van der Waals surface area contributed by atoms with Crippen molar-refractivity contribution in [3.63, 3.8) is 0 Å². The van der Waals surface area contributed by atoms with Crippen LogP contribution in [0, 0.1) is 0 Å². The lowest BCUT2D eigenvalue weighted by molar-refractivity contribution is -0.275. The summed E-state index contributed by atoms with van der Waals surface area (Å²) in [6.07, 6.45) is -8.43. The largest absolute Gasteiger partial charge is 0.573 e. The Bertz CT molecular complexity index is 430. The maximum atomic E-state index is 12.6. The summed E-state index contributed by atoms with van der Waals surface area (Å²) >= 11 is 0. The molecule has 0 saturated heterocycles. The first-order valence-electron chi connectivity index (χ1n) is 4.19. The molecule has 8 heteroatoms. The fourth-order valence-electron chi connectivity index (χ4n) is 1.20. The van der Waals surface area contributed by atoms with E-state index in [2.05, 4.69) is 4.74 Å². The molecule has 1 aromatic carbocycles. The summed E-state index contributed by atoms with van der Waals surface area (Å²) in [6, 6.07) is 2.54. The molecule has 94 valence electrons. The fraction of sp³-hybridized carbons (Fsp3) is 0.222. The number of carbonyl (C=O) groups is 1. The van der Waals surface area contributed by atoms with Crippen molar-refractivity contribution in [2.24, 2.45) is 5.73 Å². The van der Waals surface area contributed by atoms with E-state index in [1.807, 2.05) is 0 Å². The monoisotopic (exact) mass is 255 g/mol. The quantitative estimate of drug-likeness (QED) is 0.844. The first-order chi connectivity index (χ1) is 7.72. The molecule has 0 aromatic heterocycles. The van der Waals surface area contributed by atoms with E-state index in [0.717, 1.165) is 12.1 Å². The van der Waals surface area contributed by atoms with Crippen LogP contribution in [0.3, 0.4) is 0 Å². The topological polar surface area (TPSA) is 52.3 Å². The van der Waals surface area contributed by atoms with Gasteiger partial charge in [-0.3, -0.25) is 4.79 Å². The highest BCUT2D eigenvalue weighted by Gasteiger charge is 2.34. The average Bonchev–Trinajstić information content (AvgIpc) is 2.14. The van der Waals surface area contributed by atoms with E-state index < -0.39 is 35.6 Å². The lowest BCUT2D eigenvalue weighted by atomic mass is 10.1. The minimum Gasteiger partial charge on any atom is -0.405 e. The Kier molecular flexibility index (Phi) is 3.54. The van der Waals surface area contributed by atoms with Gasteiger partial charge in [0, 0.05) is 0 Å². The minimum atomic E-state index is -5.13. The predicted octanol–water partition coefficient (Wildman–Crippen LogP) is 2.62. The summed E-state index contributed by atoms with van der Waals surface area (Å²) < 4.78 is 64.3. The van der Waals surface area contributed by atoms with Crippen molar-refractivity contribution in [1.29, 1.82) is 0 Å². The zero-order valence-electron chi connectivity index (χ0n) is 8.09. The van der Waals surface area contributed by atoms with Gasteiger partial charge in [0.05, 0.1) is 11.1 Å². The Hall–Kier alpha value is -1.86. The van der Waals surface area contributed by atoms with Crippen LogP contribution in [0.5, 0.6) is 5.75 Å². The normalized spacial score (nSPS) is 11.6. The van der Waals surface area contributed by atoms with Gasteiger partial charge in [-0.15, -0.1) is 13.2 Å². The van der Waals surface area contributed by atoms with Crippen molar-refractivity contribution in [2.75, 3.05) is 0 Å². The van der Waals surface area contributed by atoms with Crippen LogP contribution in [0.1, 0.15) is 22.3 Å². The zero-order valence-corrected chi connectivity index (χ0v) is 8.09. The zero-order chi connectivity index (χ0) is 13.2. The number of amides is 1. The third-order valence-corrected chi connectivity index (χ3v) is 1.78. The van der Waals surface area contributed by atoms with Gasteiger partial charge in [-0.1, -0.05) is 6.07 Å². The first-order valence-corrected chi connectivity index (χ1v) is 4.19. The molecular weight excluding hydrogens is 249 g/mol. The molecule has 0 radical (unpaired) electrons. The molecular formula is C9H6F5NO2. The summed E-state index contributed by atoms with van der Waals surface area (Å²) in [4.78, 5) is 10.8. The third-order valence-electron chi connectivity index (χ3n) is 1.78. The van der Waals surface area contributed by atoms with E-state index in [9.17, 15) is 26.7 Å². The second-order valence-corrected chi connectivity index (χ2v) is 2.93. The smallest absolute Gasteiger partial charge is 0.405 e. The molecule has 1 aromatic rings. The van der Waals surface area contributed by atoms with Crippen molar-refractivity contribution in [2.45, 2.75) is 12.8 Å². The highest BCUT2D eigenvalue weighted by atomic mass is 19.4. The summed E-state index contributed by atoms with van der Waals surface area (Å²) in [5, 5.41) is 0. The van der Waals surface area contributed by atoms with Crippen LogP contribution in [0.15, 0.2) is 18.2 Å². The number of alkyl halides is 5. The average molecular weight is 255 g/mol. The molecule has 3 nitrogen and oxygen atoms in total. The number of halogens is 5. The van der Waals surface area contributed by atoms with Gasteiger partial charge in [0.2, 0.25) is 5.91 Å². The highest BCUT2D eigenvalue weighted by Crippen LogP contribution is 2.35. The van der Waals surface area contributed by atoms with Crippen LogP contribution >= 0.6 is 0 Å². The van der Waals surface area contributed by atoms with Gasteiger partial charge in [-0.05, 0) is 12.1 Å². The maximum Gasteiger partial charge on any atom is 0.573 e. The number of nitrogens with two attached hydrogens (primary N) is 1. The predicted molar refractivity (Wildman–Crippen MR) is 46.6 cm³/mol. The second kappa shape index (κ2) is 4.56. The van der Waals surface area contributed by atoms with E-state index >= 15 is 0 Å². The second-order valence-electron chi connectivity index (χ2n) is 2.93. The molecule has 0 unspecified atom stereocenters. The van der Waals surface area contributed by atoms with Crippen LogP contribution in [0.4, 0.5) is 22.0 Å². The lowest BCUT2D eigenvalue weighted by Gasteiger charge is -2.14. The van der Waals surface area contributed by atoms with Gasteiger partial charge in [0.25, 0.3) is 6.43 Å². The number of hydrogen-bond donors (Lipinski definition) is 1. The molecule has 0 fully saturated rings. The van der Waals surface area contributed by atoms with Crippen LogP contribution in [0.2, 0.25) is 0 Å². The number of ether oxygens (including phenoxy) is 1. The van der Waals surface area contributed by atoms with Crippen molar-refractivity contribution in [3.8, 4) is 5.75 Å². The van der Waals surface area contributed by atoms with Crippen LogP contribution in [-0.2, 0) is 0 Å². The Morgan fingerprint density at radius 2 is 1.88 bits per heavy atom. The molecule has 0 atom stereocenters. The number of carbonyl (C=O) groups excluding carboxylic acids is 1. The summed E-state index contributed by atoms with van der Waals surface area (Å²) in [5.41, 5.74) is 2.90. The van der Waals surface area contributed by atoms with E-state index in [1.54, 1.807) is 0 Å². The Balaban J connectivity index is 3.30. The van der Waals surface area contributed by atoms with Crippen molar-refractivity contribution in [1.82, 2.24) is 0 Å². The number of hydrogen-bond acceptors (Lipinski definition) is 2. The maximum absolute atomic E-state index is 12.6. The molecule has 17 heavy (non-hydrogen) atoms. The van der Waals surface area contributed by atoms with Crippen molar-refractivity contribution >= 4 is 5.91 Å². The standard InChI is InChI=1S/C9H6F5NO2/c10-7(11)6-4(8(15)16)2-1-3-5(6)17-9(12,13)14/h1-3,7H,(H2,15,16). The van der Waals surface area contributed by atoms with E-state index in [1.165, 1.54) is 0 Å². The molecule has 1 amide bonds.